The van der Waals surface area contributed by atoms with Gasteiger partial charge in [0.25, 0.3) is 0 Å². The van der Waals surface area contributed by atoms with Crippen LogP contribution in [0.4, 0.5) is 0 Å². The number of hydrogen-bond acceptors (Lipinski definition) is 2. The van der Waals surface area contributed by atoms with Gasteiger partial charge in [0.05, 0.1) is 0 Å². The highest BCUT2D eigenvalue weighted by molar-refractivity contribution is 6.33. The maximum Gasteiger partial charge on any atom is 0.120 e. The van der Waals surface area contributed by atoms with E-state index in [1.165, 1.54) is 0 Å². The molecular formula is C15H15Cl2NO. The smallest absolute Gasteiger partial charge is 0.120 e. The molecule has 2 aromatic carbocycles. The summed E-state index contributed by atoms with van der Waals surface area (Å²) in [5.74, 6) is 0.316. The van der Waals surface area contributed by atoms with Crippen LogP contribution in [0, 0.1) is 0 Å². The number of para-hydroxylation sites is 1. The Bertz CT molecular complexity index is 558. The topological polar surface area (TPSA) is 32.3 Å². The highest BCUT2D eigenvalue weighted by Gasteiger charge is 2.02. The largest absolute Gasteiger partial charge is 0.508 e. The van der Waals surface area contributed by atoms with E-state index in [0.29, 0.717) is 17.3 Å². The molecule has 2 nitrogen and oxygen atoms in total. The van der Waals surface area contributed by atoms with Gasteiger partial charge in [-0.1, -0.05) is 41.4 Å². The second-order valence-corrected chi connectivity index (χ2v) is 5.13. The second-order valence-electron chi connectivity index (χ2n) is 4.29. The standard InChI is InChI=1S/C15H15Cl2NO/c16-13-5-6-14(17)11(9-13)7-8-18-10-12-3-1-2-4-15(12)19/h1-6,9,18-19H,7-8,10H2. The molecule has 2 rings (SSSR count). The van der Waals surface area contributed by atoms with Gasteiger partial charge in [-0.3, -0.25) is 0 Å². The van der Waals surface area contributed by atoms with Gasteiger partial charge < -0.3 is 10.4 Å². The second kappa shape index (κ2) is 6.80. The zero-order valence-corrected chi connectivity index (χ0v) is 11.9. The fraction of sp³-hybridized carbons (Fsp3) is 0.200. The van der Waals surface area contributed by atoms with Crippen LogP contribution in [-0.2, 0) is 13.0 Å². The maximum atomic E-state index is 9.63. The van der Waals surface area contributed by atoms with E-state index in [0.717, 1.165) is 29.1 Å². The summed E-state index contributed by atoms with van der Waals surface area (Å²) >= 11 is 12.0. The molecule has 0 heterocycles. The Labute approximate surface area is 123 Å². The number of nitrogens with one attached hydrogen (secondary N) is 1. The van der Waals surface area contributed by atoms with Crippen LogP contribution in [0.5, 0.6) is 5.75 Å². The van der Waals surface area contributed by atoms with Gasteiger partial charge in [0.2, 0.25) is 0 Å². The molecule has 0 saturated heterocycles. The minimum Gasteiger partial charge on any atom is -0.508 e. The Balaban J connectivity index is 1.84. The third kappa shape index (κ3) is 4.13. The first-order valence-corrected chi connectivity index (χ1v) is 6.84. The average molecular weight is 296 g/mol. The molecule has 19 heavy (non-hydrogen) atoms. The molecule has 100 valence electrons. The van der Waals surface area contributed by atoms with Crippen molar-refractivity contribution >= 4 is 23.2 Å². The van der Waals surface area contributed by atoms with Crippen molar-refractivity contribution in [2.24, 2.45) is 0 Å². The zero-order valence-electron chi connectivity index (χ0n) is 10.4. The van der Waals surface area contributed by atoms with E-state index in [4.69, 9.17) is 23.2 Å². The Hall–Kier alpha value is -1.22. The van der Waals surface area contributed by atoms with Gasteiger partial charge in [0, 0.05) is 22.2 Å². The average Bonchev–Trinajstić information content (AvgIpc) is 2.40. The third-order valence-electron chi connectivity index (χ3n) is 2.89. The van der Waals surface area contributed by atoms with E-state index in [2.05, 4.69) is 5.32 Å². The lowest BCUT2D eigenvalue weighted by atomic mass is 10.1. The number of phenols is 1. The van der Waals surface area contributed by atoms with E-state index in [-0.39, 0.29) is 0 Å². The molecule has 0 bridgehead atoms. The van der Waals surface area contributed by atoms with Crippen molar-refractivity contribution in [3.8, 4) is 5.75 Å². The SMILES string of the molecule is Oc1ccccc1CNCCc1cc(Cl)ccc1Cl. The molecule has 0 atom stereocenters. The van der Waals surface area contributed by atoms with Gasteiger partial charge in [-0.15, -0.1) is 0 Å². The molecule has 4 heteroatoms. The predicted molar refractivity (Wildman–Crippen MR) is 80.0 cm³/mol. The normalized spacial score (nSPS) is 10.6. The van der Waals surface area contributed by atoms with E-state index < -0.39 is 0 Å². The maximum absolute atomic E-state index is 9.63. The minimum atomic E-state index is 0.316. The van der Waals surface area contributed by atoms with E-state index in [1.54, 1.807) is 12.1 Å². The summed E-state index contributed by atoms with van der Waals surface area (Å²) in [6.07, 6.45) is 0.799. The lowest BCUT2D eigenvalue weighted by Crippen LogP contribution is -2.16. The van der Waals surface area contributed by atoms with Crippen molar-refractivity contribution in [2.75, 3.05) is 6.54 Å². The van der Waals surface area contributed by atoms with Crippen LogP contribution in [-0.4, -0.2) is 11.7 Å². The van der Waals surface area contributed by atoms with Crippen molar-refractivity contribution in [3.63, 3.8) is 0 Å². The first kappa shape index (κ1) is 14.2. The Morgan fingerprint density at radius 1 is 1.00 bits per heavy atom. The molecule has 0 saturated carbocycles. The van der Waals surface area contributed by atoms with Crippen LogP contribution in [0.1, 0.15) is 11.1 Å². The zero-order chi connectivity index (χ0) is 13.7. The quantitative estimate of drug-likeness (QED) is 0.816. The van der Waals surface area contributed by atoms with Gasteiger partial charge in [0.15, 0.2) is 0 Å². The monoisotopic (exact) mass is 295 g/mol. The summed E-state index contributed by atoms with van der Waals surface area (Å²) in [5.41, 5.74) is 1.92. The number of benzene rings is 2. The van der Waals surface area contributed by atoms with Crippen LogP contribution in [0.15, 0.2) is 42.5 Å². The van der Waals surface area contributed by atoms with Gasteiger partial charge in [-0.05, 0) is 42.8 Å². The molecule has 0 radical (unpaired) electrons. The first-order chi connectivity index (χ1) is 9.16. The van der Waals surface area contributed by atoms with Gasteiger partial charge in [-0.25, -0.2) is 0 Å². The fourth-order valence-electron chi connectivity index (χ4n) is 1.84. The summed E-state index contributed by atoms with van der Waals surface area (Å²) in [6, 6.07) is 12.8. The Kier molecular flexibility index (Phi) is 5.08. The molecule has 0 aliphatic carbocycles. The molecule has 0 aliphatic rings. The molecule has 0 spiro atoms. The van der Waals surface area contributed by atoms with E-state index in [9.17, 15) is 5.11 Å². The van der Waals surface area contributed by atoms with Gasteiger partial charge in [0.1, 0.15) is 5.75 Å². The summed E-state index contributed by atoms with van der Waals surface area (Å²) in [7, 11) is 0. The van der Waals surface area contributed by atoms with Crippen LogP contribution in [0.3, 0.4) is 0 Å². The minimum absolute atomic E-state index is 0.316. The van der Waals surface area contributed by atoms with Crippen molar-refractivity contribution in [2.45, 2.75) is 13.0 Å². The molecule has 0 amide bonds. The molecule has 2 aromatic rings. The number of halogens is 2. The van der Waals surface area contributed by atoms with E-state index in [1.807, 2.05) is 30.3 Å². The summed E-state index contributed by atoms with van der Waals surface area (Å²) in [5, 5.41) is 14.3. The van der Waals surface area contributed by atoms with Crippen molar-refractivity contribution in [1.82, 2.24) is 5.32 Å². The van der Waals surface area contributed by atoms with Gasteiger partial charge >= 0.3 is 0 Å². The summed E-state index contributed by atoms with van der Waals surface area (Å²) in [4.78, 5) is 0. The van der Waals surface area contributed by atoms with Gasteiger partial charge in [-0.2, -0.15) is 0 Å². The Morgan fingerprint density at radius 3 is 2.58 bits per heavy atom. The summed E-state index contributed by atoms with van der Waals surface area (Å²) < 4.78 is 0. The molecule has 0 unspecified atom stereocenters. The van der Waals surface area contributed by atoms with Crippen molar-refractivity contribution < 1.29 is 5.11 Å². The van der Waals surface area contributed by atoms with Crippen LogP contribution < -0.4 is 5.32 Å². The van der Waals surface area contributed by atoms with E-state index >= 15 is 0 Å². The highest BCUT2D eigenvalue weighted by atomic mass is 35.5. The third-order valence-corrected chi connectivity index (χ3v) is 3.49. The van der Waals surface area contributed by atoms with Crippen LogP contribution >= 0.6 is 23.2 Å². The number of phenolic OH excluding ortho intramolecular Hbond substituents is 1. The lowest BCUT2D eigenvalue weighted by Gasteiger charge is -2.08. The van der Waals surface area contributed by atoms with Crippen LogP contribution in [0.25, 0.3) is 0 Å². The highest BCUT2D eigenvalue weighted by Crippen LogP contribution is 2.21. The summed E-state index contributed by atoms with van der Waals surface area (Å²) in [6.45, 7) is 1.40. The van der Waals surface area contributed by atoms with Crippen LogP contribution in [0.2, 0.25) is 10.0 Å². The molecule has 0 aromatic heterocycles. The number of hydrogen-bond donors (Lipinski definition) is 2. The molecular weight excluding hydrogens is 281 g/mol. The Morgan fingerprint density at radius 2 is 1.79 bits per heavy atom. The lowest BCUT2D eigenvalue weighted by molar-refractivity contribution is 0.464. The molecule has 2 N–H and O–H groups in total. The number of rotatable bonds is 5. The number of aromatic hydroxyl groups is 1. The van der Waals surface area contributed by atoms with Crippen molar-refractivity contribution in [3.05, 3.63) is 63.6 Å². The predicted octanol–water partition coefficient (Wildman–Crippen LogP) is 4.03. The van der Waals surface area contributed by atoms with Crippen molar-refractivity contribution in [1.29, 1.82) is 0 Å². The fourth-order valence-corrected chi connectivity index (χ4v) is 2.25. The first-order valence-electron chi connectivity index (χ1n) is 6.08. The molecule has 0 fully saturated rings. The molecule has 0 aliphatic heterocycles.